The minimum absolute atomic E-state index is 0.0756. The van der Waals surface area contributed by atoms with Crippen LogP contribution in [0.3, 0.4) is 0 Å². The molecule has 1 aromatic carbocycles. The minimum Gasteiger partial charge on any atom is -0.373 e. The van der Waals surface area contributed by atoms with Crippen LogP contribution < -0.4 is 5.32 Å². The molecule has 2 atom stereocenters. The topological polar surface area (TPSA) is 35.6 Å². The Morgan fingerprint density at radius 3 is 2.90 bits per heavy atom. The van der Waals surface area contributed by atoms with Crippen molar-refractivity contribution in [3.8, 4) is 0 Å². The summed E-state index contributed by atoms with van der Waals surface area (Å²) in [5, 5.41) is 3.37. The van der Waals surface area contributed by atoms with Crippen LogP contribution in [-0.4, -0.2) is 54.5 Å². The van der Waals surface area contributed by atoms with Crippen LogP contribution in [0, 0.1) is 0 Å². The molecule has 0 aromatic heterocycles. The second-order valence-corrected chi connectivity index (χ2v) is 5.89. The van der Waals surface area contributed by atoms with Crippen molar-refractivity contribution in [2.75, 3.05) is 32.0 Å². The molecule has 1 saturated heterocycles. The van der Waals surface area contributed by atoms with Gasteiger partial charge in [-0.3, -0.25) is 9.69 Å². The molecule has 0 bridgehead atoms. The van der Waals surface area contributed by atoms with Crippen LogP contribution in [0.5, 0.6) is 0 Å². The number of anilines is 1. The Morgan fingerprint density at radius 2 is 2.15 bits per heavy atom. The fraction of sp³-hybridized carbons (Fsp3) is 0.562. The van der Waals surface area contributed by atoms with E-state index in [4.69, 9.17) is 0 Å². The maximum absolute atomic E-state index is 12.7. The van der Waals surface area contributed by atoms with Gasteiger partial charge in [-0.1, -0.05) is 25.1 Å². The summed E-state index contributed by atoms with van der Waals surface area (Å²) >= 11 is 0. The van der Waals surface area contributed by atoms with Gasteiger partial charge in [-0.2, -0.15) is 0 Å². The molecule has 1 fully saturated rings. The summed E-state index contributed by atoms with van der Waals surface area (Å²) < 4.78 is 0. The monoisotopic (exact) mass is 273 g/mol. The lowest BCUT2D eigenvalue weighted by molar-refractivity contribution is -0.134. The minimum atomic E-state index is -0.0756. The second kappa shape index (κ2) is 5.44. The molecule has 2 heterocycles. The first-order valence-corrected chi connectivity index (χ1v) is 7.52. The van der Waals surface area contributed by atoms with Crippen molar-refractivity contribution in [1.82, 2.24) is 9.80 Å². The lowest BCUT2D eigenvalue weighted by Gasteiger charge is -2.40. The molecule has 4 heteroatoms. The third-order valence-corrected chi connectivity index (χ3v) is 4.63. The van der Waals surface area contributed by atoms with Crippen molar-refractivity contribution in [3.05, 3.63) is 29.8 Å². The Bertz CT molecular complexity index is 477. The van der Waals surface area contributed by atoms with Crippen molar-refractivity contribution in [2.45, 2.75) is 31.8 Å². The Labute approximate surface area is 120 Å². The molecule has 0 spiro atoms. The summed E-state index contributed by atoms with van der Waals surface area (Å²) in [6.07, 6.45) is 1.91. The van der Waals surface area contributed by atoms with E-state index in [0.717, 1.165) is 38.2 Å². The van der Waals surface area contributed by atoms with E-state index in [2.05, 4.69) is 36.3 Å². The number of likely N-dealkylation sites (N-methyl/N-ethyl adjacent to an activating group) is 1. The number of amides is 1. The van der Waals surface area contributed by atoms with Crippen LogP contribution in [-0.2, 0) is 11.2 Å². The molecule has 0 radical (unpaired) electrons. The highest BCUT2D eigenvalue weighted by Crippen LogP contribution is 2.26. The van der Waals surface area contributed by atoms with Gasteiger partial charge in [0.25, 0.3) is 0 Å². The van der Waals surface area contributed by atoms with E-state index in [1.165, 1.54) is 5.56 Å². The summed E-state index contributed by atoms with van der Waals surface area (Å²) in [5.74, 6) is 0.257. The van der Waals surface area contributed by atoms with E-state index < -0.39 is 0 Å². The predicted octanol–water partition coefficient (Wildman–Crippen LogP) is 1.58. The molecule has 2 aliphatic rings. The molecule has 108 valence electrons. The van der Waals surface area contributed by atoms with Gasteiger partial charge in [-0.25, -0.2) is 0 Å². The van der Waals surface area contributed by atoms with Crippen LogP contribution >= 0.6 is 0 Å². The third-order valence-electron chi connectivity index (χ3n) is 4.63. The smallest absolute Gasteiger partial charge is 0.245 e. The number of para-hydroxylation sites is 1. The summed E-state index contributed by atoms with van der Waals surface area (Å²) in [4.78, 5) is 17.1. The van der Waals surface area contributed by atoms with Gasteiger partial charge < -0.3 is 10.2 Å². The molecule has 2 aliphatic heterocycles. The molecular weight excluding hydrogens is 250 g/mol. The van der Waals surface area contributed by atoms with Gasteiger partial charge in [0.2, 0.25) is 5.91 Å². The van der Waals surface area contributed by atoms with Gasteiger partial charge in [0.15, 0.2) is 0 Å². The van der Waals surface area contributed by atoms with Crippen LogP contribution in [0.15, 0.2) is 24.3 Å². The lowest BCUT2D eigenvalue weighted by atomic mass is 10.1. The van der Waals surface area contributed by atoms with Crippen molar-refractivity contribution in [1.29, 1.82) is 0 Å². The molecule has 1 amide bonds. The first-order chi connectivity index (χ1) is 9.69. The number of fused-ring (bicyclic) bond motifs is 1. The van der Waals surface area contributed by atoms with E-state index in [1.54, 1.807) is 0 Å². The second-order valence-electron chi connectivity index (χ2n) is 5.89. The Morgan fingerprint density at radius 1 is 1.35 bits per heavy atom. The average molecular weight is 273 g/mol. The summed E-state index contributed by atoms with van der Waals surface area (Å²) in [7, 11) is 2.15. The Hall–Kier alpha value is -1.55. The number of nitrogens with one attached hydrogen (secondary N) is 1. The van der Waals surface area contributed by atoms with Gasteiger partial charge in [0.1, 0.15) is 6.04 Å². The van der Waals surface area contributed by atoms with Crippen LogP contribution in [0.4, 0.5) is 5.69 Å². The number of nitrogens with zero attached hydrogens (tertiary/aromatic N) is 2. The maximum atomic E-state index is 12.7. The standard InChI is InChI=1S/C16H23N3O/c1-3-13-11-19(9-8-18(13)2)16(20)15-10-12-6-4-5-7-14(12)17-15/h4-7,13,15,17H,3,8-11H2,1-2H3/t13?,15-/m0/s1. The van der Waals surface area contributed by atoms with Crippen LogP contribution in [0.1, 0.15) is 18.9 Å². The normalized spacial score (nSPS) is 26.2. The summed E-state index contributed by atoms with van der Waals surface area (Å²) in [5.41, 5.74) is 2.37. The third kappa shape index (κ3) is 2.40. The van der Waals surface area contributed by atoms with Gasteiger partial charge in [0.05, 0.1) is 0 Å². The molecular formula is C16H23N3O. The average Bonchev–Trinajstić information content (AvgIpc) is 2.91. The molecule has 3 rings (SSSR count). The highest BCUT2D eigenvalue weighted by Gasteiger charge is 2.33. The van der Waals surface area contributed by atoms with Gasteiger partial charge >= 0.3 is 0 Å². The molecule has 20 heavy (non-hydrogen) atoms. The molecule has 0 aliphatic carbocycles. The Kier molecular flexibility index (Phi) is 3.66. The number of hydrogen-bond donors (Lipinski definition) is 1. The molecule has 1 unspecified atom stereocenters. The fourth-order valence-corrected chi connectivity index (χ4v) is 3.25. The zero-order valence-corrected chi connectivity index (χ0v) is 12.3. The van der Waals surface area contributed by atoms with Gasteiger partial charge in [0, 0.05) is 37.8 Å². The molecule has 4 nitrogen and oxygen atoms in total. The number of rotatable bonds is 2. The van der Waals surface area contributed by atoms with E-state index in [1.807, 2.05) is 17.0 Å². The fourth-order valence-electron chi connectivity index (χ4n) is 3.25. The molecule has 1 N–H and O–H groups in total. The largest absolute Gasteiger partial charge is 0.373 e. The number of hydrogen-bond acceptors (Lipinski definition) is 3. The van der Waals surface area contributed by atoms with Crippen LogP contribution in [0.25, 0.3) is 0 Å². The van der Waals surface area contributed by atoms with Crippen molar-refractivity contribution < 1.29 is 4.79 Å². The van der Waals surface area contributed by atoms with Gasteiger partial charge in [-0.05, 0) is 25.1 Å². The van der Waals surface area contributed by atoms with E-state index in [9.17, 15) is 4.79 Å². The van der Waals surface area contributed by atoms with Crippen molar-refractivity contribution in [3.63, 3.8) is 0 Å². The summed E-state index contributed by atoms with van der Waals surface area (Å²) in [6, 6.07) is 8.64. The lowest BCUT2D eigenvalue weighted by Crippen LogP contribution is -2.55. The zero-order chi connectivity index (χ0) is 14.1. The predicted molar refractivity (Wildman–Crippen MR) is 80.8 cm³/mol. The SMILES string of the molecule is CCC1CN(C(=O)[C@@H]2Cc3ccccc3N2)CCN1C. The van der Waals surface area contributed by atoms with Crippen molar-refractivity contribution in [2.24, 2.45) is 0 Å². The number of carbonyl (C=O) groups is 1. The first kappa shape index (κ1) is 13.4. The van der Waals surface area contributed by atoms with E-state index in [0.29, 0.717) is 6.04 Å². The number of carbonyl (C=O) groups excluding carboxylic acids is 1. The molecule has 0 saturated carbocycles. The van der Waals surface area contributed by atoms with Crippen molar-refractivity contribution >= 4 is 11.6 Å². The Balaban J connectivity index is 1.66. The number of piperazine rings is 1. The zero-order valence-electron chi connectivity index (χ0n) is 12.3. The highest BCUT2D eigenvalue weighted by molar-refractivity contribution is 5.87. The summed E-state index contributed by atoms with van der Waals surface area (Å²) in [6.45, 7) is 4.88. The van der Waals surface area contributed by atoms with E-state index in [-0.39, 0.29) is 11.9 Å². The first-order valence-electron chi connectivity index (χ1n) is 7.52. The quantitative estimate of drug-likeness (QED) is 0.888. The highest BCUT2D eigenvalue weighted by atomic mass is 16.2. The van der Waals surface area contributed by atoms with Crippen LogP contribution in [0.2, 0.25) is 0 Å². The van der Waals surface area contributed by atoms with Gasteiger partial charge in [-0.15, -0.1) is 0 Å². The maximum Gasteiger partial charge on any atom is 0.245 e. The van der Waals surface area contributed by atoms with E-state index >= 15 is 0 Å². The molecule has 1 aromatic rings. The number of benzene rings is 1.